The maximum absolute atomic E-state index is 10.8. The summed E-state index contributed by atoms with van der Waals surface area (Å²) in [4.78, 5) is 10.8. The molecule has 2 nitrogen and oxygen atoms in total. The predicted octanol–water partition coefficient (Wildman–Crippen LogP) is 1.87. The Morgan fingerprint density at radius 1 is 1.42 bits per heavy atom. The van der Waals surface area contributed by atoms with E-state index in [0.717, 1.165) is 6.54 Å². The zero-order chi connectivity index (χ0) is 8.81. The second-order valence-corrected chi connectivity index (χ2v) is 3.45. The average molecular weight is 167 g/mol. The van der Waals surface area contributed by atoms with Crippen LogP contribution in [0.25, 0.3) is 0 Å². The number of carbonyl (C=O) groups is 1. The van der Waals surface area contributed by atoms with Crippen molar-refractivity contribution in [3.05, 3.63) is 12.7 Å². The van der Waals surface area contributed by atoms with Crippen LogP contribution in [-0.2, 0) is 4.79 Å². The molecule has 2 heteroatoms. The smallest absolute Gasteiger partial charge is 0.243 e. The summed E-state index contributed by atoms with van der Waals surface area (Å²) in [5.41, 5.74) is 0. The van der Waals surface area contributed by atoms with Crippen LogP contribution >= 0.6 is 0 Å². The predicted molar refractivity (Wildman–Crippen MR) is 49.8 cm³/mol. The lowest BCUT2D eigenvalue weighted by Gasteiger charge is -2.21. The van der Waals surface area contributed by atoms with E-state index < -0.39 is 0 Å². The molecule has 0 unspecified atom stereocenters. The van der Waals surface area contributed by atoms with Crippen molar-refractivity contribution in [2.75, 3.05) is 6.54 Å². The first-order chi connectivity index (χ1) is 5.83. The topological polar surface area (TPSA) is 29.1 Å². The van der Waals surface area contributed by atoms with Crippen LogP contribution in [0.15, 0.2) is 12.7 Å². The van der Waals surface area contributed by atoms with E-state index in [4.69, 9.17) is 0 Å². The largest absolute Gasteiger partial charge is 0.352 e. The molecule has 0 atom stereocenters. The molecular weight excluding hydrogens is 150 g/mol. The molecule has 1 amide bonds. The average Bonchev–Trinajstić information content (AvgIpc) is 2.16. The highest BCUT2D eigenvalue weighted by Gasteiger charge is 2.12. The van der Waals surface area contributed by atoms with Crippen LogP contribution in [0.4, 0.5) is 0 Å². The molecule has 1 saturated carbocycles. The van der Waals surface area contributed by atoms with Crippen molar-refractivity contribution in [2.24, 2.45) is 5.92 Å². The summed E-state index contributed by atoms with van der Waals surface area (Å²) in [6.07, 6.45) is 7.91. The van der Waals surface area contributed by atoms with Gasteiger partial charge in [-0.1, -0.05) is 25.8 Å². The van der Waals surface area contributed by atoms with E-state index in [-0.39, 0.29) is 5.91 Å². The lowest BCUT2D eigenvalue weighted by molar-refractivity contribution is -0.116. The minimum atomic E-state index is -0.0411. The van der Waals surface area contributed by atoms with E-state index in [9.17, 15) is 4.79 Å². The normalized spacial score (nSPS) is 18.7. The Morgan fingerprint density at radius 2 is 2.08 bits per heavy atom. The lowest BCUT2D eigenvalue weighted by Crippen LogP contribution is -2.28. The Bertz CT molecular complexity index is 159. The van der Waals surface area contributed by atoms with Crippen molar-refractivity contribution in [1.82, 2.24) is 5.32 Å². The standard InChI is InChI=1S/C10H17NO/c1-2-10(12)11-8-9-6-4-3-5-7-9/h2,9H,1,3-8H2,(H,11,12). The molecule has 1 fully saturated rings. The summed E-state index contributed by atoms with van der Waals surface area (Å²) in [5.74, 6) is 0.670. The number of hydrogen-bond acceptors (Lipinski definition) is 1. The molecule has 0 aromatic heterocycles. The minimum Gasteiger partial charge on any atom is -0.352 e. The molecule has 0 bridgehead atoms. The van der Waals surface area contributed by atoms with Gasteiger partial charge in [-0.15, -0.1) is 0 Å². The molecule has 0 aromatic carbocycles. The van der Waals surface area contributed by atoms with Crippen LogP contribution in [0, 0.1) is 5.92 Å². The van der Waals surface area contributed by atoms with E-state index >= 15 is 0 Å². The number of nitrogens with one attached hydrogen (secondary N) is 1. The molecule has 0 heterocycles. The highest BCUT2D eigenvalue weighted by molar-refractivity contribution is 5.86. The summed E-state index contributed by atoms with van der Waals surface area (Å²) in [6.45, 7) is 4.25. The molecule has 0 aliphatic heterocycles. The maximum atomic E-state index is 10.8. The first-order valence-electron chi connectivity index (χ1n) is 4.73. The van der Waals surface area contributed by atoms with Gasteiger partial charge in [-0.05, 0) is 24.8 Å². The van der Waals surface area contributed by atoms with Crippen molar-refractivity contribution < 1.29 is 4.79 Å². The quantitative estimate of drug-likeness (QED) is 0.639. The molecule has 0 saturated heterocycles. The molecule has 1 aliphatic carbocycles. The van der Waals surface area contributed by atoms with E-state index in [0.29, 0.717) is 5.92 Å². The molecule has 1 aliphatic rings. The molecular formula is C10H17NO. The van der Waals surface area contributed by atoms with Crippen molar-refractivity contribution in [3.63, 3.8) is 0 Å². The number of carbonyl (C=O) groups excluding carboxylic acids is 1. The molecule has 12 heavy (non-hydrogen) atoms. The van der Waals surface area contributed by atoms with Gasteiger partial charge < -0.3 is 5.32 Å². The Hall–Kier alpha value is -0.790. The summed E-state index contributed by atoms with van der Waals surface area (Å²) in [5, 5.41) is 2.85. The summed E-state index contributed by atoms with van der Waals surface area (Å²) >= 11 is 0. The molecule has 1 N–H and O–H groups in total. The highest BCUT2D eigenvalue weighted by Crippen LogP contribution is 2.22. The first-order valence-corrected chi connectivity index (χ1v) is 4.73. The van der Waals surface area contributed by atoms with Crippen LogP contribution in [0.3, 0.4) is 0 Å². The summed E-state index contributed by atoms with van der Waals surface area (Å²) in [7, 11) is 0. The zero-order valence-electron chi connectivity index (χ0n) is 7.51. The Kier molecular flexibility index (Phi) is 3.85. The number of amides is 1. The van der Waals surface area contributed by atoms with Crippen molar-refractivity contribution >= 4 is 5.91 Å². The Labute approximate surface area is 74.0 Å². The van der Waals surface area contributed by atoms with Gasteiger partial charge in [-0.2, -0.15) is 0 Å². The van der Waals surface area contributed by atoms with Gasteiger partial charge in [-0.25, -0.2) is 0 Å². The SMILES string of the molecule is C=CC(=O)NCC1CCCCC1. The van der Waals surface area contributed by atoms with Crippen LogP contribution in [0.5, 0.6) is 0 Å². The van der Waals surface area contributed by atoms with Crippen LogP contribution < -0.4 is 5.32 Å². The molecule has 0 radical (unpaired) electrons. The fraction of sp³-hybridized carbons (Fsp3) is 0.700. The van der Waals surface area contributed by atoms with Crippen molar-refractivity contribution in [3.8, 4) is 0 Å². The van der Waals surface area contributed by atoms with Crippen LogP contribution in [-0.4, -0.2) is 12.5 Å². The third-order valence-electron chi connectivity index (χ3n) is 2.48. The number of hydrogen-bond donors (Lipinski definition) is 1. The van der Waals surface area contributed by atoms with Gasteiger partial charge in [0.05, 0.1) is 0 Å². The third-order valence-corrected chi connectivity index (χ3v) is 2.48. The van der Waals surface area contributed by atoms with E-state index in [1.54, 1.807) is 0 Å². The second-order valence-electron chi connectivity index (χ2n) is 3.45. The lowest BCUT2D eigenvalue weighted by atomic mass is 9.89. The maximum Gasteiger partial charge on any atom is 0.243 e. The van der Waals surface area contributed by atoms with Crippen LogP contribution in [0.2, 0.25) is 0 Å². The fourth-order valence-corrected chi connectivity index (χ4v) is 1.71. The summed E-state index contributed by atoms with van der Waals surface area (Å²) in [6, 6.07) is 0. The molecule has 0 spiro atoms. The van der Waals surface area contributed by atoms with Crippen LogP contribution in [0.1, 0.15) is 32.1 Å². The minimum absolute atomic E-state index is 0.0411. The monoisotopic (exact) mass is 167 g/mol. The second kappa shape index (κ2) is 4.96. The molecule has 1 rings (SSSR count). The van der Waals surface area contributed by atoms with Gasteiger partial charge in [-0.3, -0.25) is 4.79 Å². The zero-order valence-corrected chi connectivity index (χ0v) is 7.51. The van der Waals surface area contributed by atoms with Crippen molar-refractivity contribution in [1.29, 1.82) is 0 Å². The van der Waals surface area contributed by atoms with E-state index in [1.165, 1.54) is 38.2 Å². The van der Waals surface area contributed by atoms with Gasteiger partial charge in [0, 0.05) is 6.54 Å². The van der Waals surface area contributed by atoms with Gasteiger partial charge in [0.15, 0.2) is 0 Å². The van der Waals surface area contributed by atoms with Gasteiger partial charge in [0.1, 0.15) is 0 Å². The summed E-state index contributed by atoms with van der Waals surface area (Å²) < 4.78 is 0. The van der Waals surface area contributed by atoms with Crippen molar-refractivity contribution in [2.45, 2.75) is 32.1 Å². The fourth-order valence-electron chi connectivity index (χ4n) is 1.71. The Morgan fingerprint density at radius 3 is 2.67 bits per heavy atom. The highest BCUT2D eigenvalue weighted by atomic mass is 16.1. The van der Waals surface area contributed by atoms with E-state index in [2.05, 4.69) is 11.9 Å². The molecule has 68 valence electrons. The first kappa shape index (κ1) is 9.30. The number of rotatable bonds is 3. The van der Waals surface area contributed by atoms with Gasteiger partial charge >= 0.3 is 0 Å². The molecule has 0 aromatic rings. The third kappa shape index (κ3) is 3.07. The van der Waals surface area contributed by atoms with Gasteiger partial charge in [0.25, 0.3) is 0 Å². The van der Waals surface area contributed by atoms with E-state index in [1.807, 2.05) is 0 Å². The van der Waals surface area contributed by atoms with Gasteiger partial charge in [0.2, 0.25) is 5.91 Å². The Balaban J connectivity index is 2.12.